The zero-order valence-electron chi connectivity index (χ0n) is 13.1. The summed E-state index contributed by atoms with van der Waals surface area (Å²) in [4.78, 5) is 4.80. The van der Waals surface area contributed by atoms with E-state index in [4.69, 9.17) is 4.98 Å². The minimum atomic E-state index is 0.756. The summed E-state index contributed by atoms with van der Waals surface area (Å²) in [6, 6.07) is 8.75. The summed E-state index contributed by atoms with van der Waals surface area (Å²) >= 11 is 0. The Balaban J connectivity index is 2.35. The van der Waals surface area contributed by atoms with Gasteiger partial charge in [0.15, 0.2) is 0 Å². The number of nitrogens with zero attached hydrogens (tertiary/aromatic N) is 1. The number of fused-ring (bicyclic) bond motifs is 1. The number of rotatable bonds is 5. The quantitative estimate of drug-likeness (QED) is 0.691. The molecule has 0 saturated carbocycles. The van der Waals surface area contributed by atoms with Crippen LogP contribution in [0.15, 0.2) is 30.3 Å². The second-order valence-corrected chi connectivity index (χ2v) is 5.73. The van der Waals surface area contributed by atoms with Crippen molar-refractivity contribution in [3.05, 3.63) is 47.2 Å². The first kappa shape index (κ1) is 14.8. The molecule has 1 heterocycles. The molecule has 1 unspecified atom stereocenters. The monoisotopic (exact) mass is 267 g/mol. The number of allylic oxidation sites excluding steroid dienone is 1. The van der Waals surface area contributed by atoms with Gasteiger partial charge in [0.05, 0.1) is 5.52 Å². The first-order valence-electron chi connectivity index (χ1n) is 7.70. The molecule has 0 spiro atoms. The normalized spacial score (nSPS) is 13.2. The smallest absolute Gasteiger partial charge is 0.0705 e. The second-order valence-electron chi connectivity index (χ2n) is 5.73. The molecular weight excluding hydrogens is 242 g/mol. The van der Waals surface area contributed by atoms with Crippen LogP contribution in [-0.2, 0) is 6.42 Å². The van der Waals surface area contributed by atoms with Crippen molar-refractivity contribution in [2.75, 3.05) is 0 Å². The van der Waals surface area contributed by atoms with Crippen molar-refractivity contribution in [1.82, 2.24) is 4.98 Å². The summed E-state index contributed by atoms with van der Waals surface area (Å²) in [5.74, 6) is 0.756. The molecule has 0 amide bonds. The number of hydrogen-bond donors (Lipinski definition) is 0. The molecular formula is C19H25N. The van der Waals surface area contributed by atoms with Crippen molar-refractivity contribution in [2.24, 2.45) is 5.92 Å². The van der Waals surface area contributed by atoms with Crippen LogP contribution < -0.4 is 0 Å². The zero-order chi connectivity index (χ0) is 14.5. The average molecular weight is 267 g/mol. The van der Waals surface area contributed by atoms with Crippen molar-refractivity contribution >= 4 is 17.0 Å². The molecule has 1 heteroatoms. The van der Waals surface area contributed by atoms with Crippen LogP contribution in [0.5, 0.6) is 0 Å². The van der Waals surface area contributed by atoms with E-state index in [2.05, 4.69) is 64.1 Å². The highest BCUT2D eigenvalue weighted by atomic mass is 14.7. The van der Waals surface area contributed by atoms with Gasteiger partial charge in [-0.05, 0) is 49.4 Å². The highest BCUT2D eigenvalue weighted by molar-refractivity contribution is 5.82. The van der Waals surface area contributed by atoms with Crippen LogP contribution in [0, 0.1) is 12.8 Å². The van der Waals surface area contributed by atoms with Gasteiger partial charge in [-0.2, -0.15) is 0 Å². The average Bonchev–Trinajstić information content (AvgIpc) is 2.46. The maximum atomic E-state index is 4.80. The second kappa shape index (κ2) is 6.69. The van der Waals surface area contributed by atoms with E-state index < -0.39 is 0 Å². The van der Waals surface area contributed by atoms with E-state index in [1.807, 2.05) is 0 Å². The molecule has 1 nitrogen and oxygen atoms in total. The summed E-state index contributed by atoms with van der Waals surface area (Å²) < 4.78 is 0. The zero-order valence-corrected chi connectivity index (χ0v) is 13.1. The minimum absolute atomic E-state index is 0.756. The predicted molar refractivity (Wildman–Crippen MR) is 89.0 cm³/mol. The third kappa shape index (κ3) is 3.47. The molecule has 1 atom stereocenters. The van der Waals surface area contributed by atoms with Crippen molar-refractivity contribution in [2.45, 2.75) is 47.0 Å². The fraction of sp³-hybridized carbons (Fsp3) is 0.421. The number of benzene rings is 1. The molecule has 2 rings (SSSR count). The van der Waals surface area contributed by atoms with Gasteiger partial charge in [-0.25, -0.2) is 0 Å². The lowest BCUT2D eigenvalue weighted by Crippen LogP contribution is -1.94. The highest BCUT2D eigenvalue weighted by Crippen LogP contribution is 2.20. The molecule has 0 radical (unpaired) electrons. The van der Waals surface area contributed by atoms with Gasteiger partial charge in [-0.1, -0.05) is 51.0 Å². The van der Waals surface area contributed by atoms with Crippen LogP contribution in [0.3, 0.4) is 0 Å². The van der Waals surface area contributed by atoms with Crippen molar-refractivity contribution in [3.63, 3.8) is 0 Å². The van der Waals surface area contributed by atoms with Crippen LogP contribution in [0.2, 0.25) is 0 Å². The van der Waals surface area contributed by atoms with Crippen molar-refractivity contribution in [3.8, 4) is 0 Å². The lowest BCUT2D eigenvalue weighted by atomic mass is 10.0. The molecule has 0 aliphatic heterocycles. The third-order valence-corrected chi connectivity index (χ3v) is 3.95. The van der Waals surface area contributed by atoms with E-state index in [1.54, 1.807) is 0 Å². The Labute approximate surface area is 122 Å². The topological polar surface area (TPSA) is 12.9 Å². The van der Waals surface area contributed by atoms with E-state index in [0.29, 0.717) is 0 Å². The third-order valence-electron chi connectivity index (χ3n) is 3.95. The molecule has 0 aliphatic rings. The van der Waals surface area contributed by atoms with Gasteiger partial charge in [-0.3, -0.25) is 4.98 Å². The fourth-order valence-electron chi connectivity index (χ4n) is 2.37. The Hall–Kier alpha value is -1.63. The maximum Gasteiger partial charge on any atom is 0.0705 e. The fourth-order valence-corrected chi connectivity index (χ4v) is 2.37. The Morgan fingerprint density at radius 1 is 1.20 bits per heavy atom. The van der Waals surface area contributed by atoms with Crippen molar-refractivity contribution < 1.29 is 0 Å². The van der Waals surface area contributed by atoms with E-state index in [9.17, 15) is 0 Å². The molecule has 2 aromatic rings. The Morgan fingerprint density at radius 2 is 2.00 bits per heavy atom. The van der Waals surface area contributed by atoms with Crippen molar-refractivity contribution in [1.29, 1.82) is 0 Å². The van der Waals surface area contributed by atoms with Gasteiger partial charge < -0.3 is 0 Å². The molecule has 0 saturated heterocycles. The largest absolute Gasteiger partial charge is 0.252 e. The highest BCUT2D eigenvalue weighted by Gasteiger charge is 2.04. The summed E-state index contributed by atoms with van der Waals surface area (Å²) in [6.07, 6.45) is 7.91. The molecule has 106 valence electrons. The van der Waals surface area contributed by atoms with Gasteiger partial charge in [-0.15, -0.1) is 0 Å². The van der Waals surface area contributed by atoms with E-state index >= 15 is 0 Å². The lowest BCUT2D eigenvalue weighted by molar-refractivity contribution is 0.573. The number of pyridine rings is 1. The summed E-state index contributed by atoms with van der Waals surface area (Å²) in [7, 11) is 0. The molecule has 0 bridgehead atoms. The molecule has 1 aromatic heterocycles. The number of hydrogen-bond acceptors (Lipinski definition) is 1. The van der Waals surface area contributed by atoms with E-state index in [0.717, 1.165) is 24.3 Å². The van der Waals surface area contributed by atoms with Gasteiger partial charge in [0.25, 0.3) is 0 Å². The van der Waals surface area contributed by atoms with Crippen LogP contribution in [0.1, 0.15) is 50.4 Å². The standard InChI is InChI=1S/C19H25N/c1-5-14(3)8-7-9-16-13-17-12-15(4)10-11-19(17)20-18(16)6-2/h7,9-14H,5-6,8H2,1-4H3/b9-7-. The number of aryl methyl sites for hydroxylation is 2. The first-order chi connectivity index (χ1) is 9.63. The summed E-state index contributed by atoms with van der Waals surface area (Å²) in [6.45, 7) is 8.85. The molecule has 1 aromatic carbocycles. The van der Waals surface area contributed by atoms with Crippen LogP contribution in [-0.4, -0.2) is 4.98 Å². The summed E-state index contributed by atoms with van der Waals surface area (Å²) in [5.41, 5.74) is 4.86. The molecule has 20 heavy (non-hydrogen) atoms. The summed E-state index contributed by atoms with van der Waals surface area (Å²) in [5, 5.41) is 1.24. The predicted octanol–water partition coefficient (Wildman–Crippen LogP) is 5.56. The Kier molecular flexibility index (Phi) is 4.94. The van der Waals surface area contributed by atoms with Gasteiger partial charge >= 0.3 is 0 Å². The minimum Gasteiger partial charge on any atom is -0.252 e. The Morgan fingerprint density at radius 3 is 2.70 bits per heavy atom. The molecule has 0 aliphatic carbocycles. The van der Waals surface area contributed by atoms with E-state index in [1.165, 1.54) is 28.6 Å². The SMILES string of the molecule is CCc1nc2ccc(C)cc2cc1/C=C\CC(C)CC. The number of aromatic nitrogens is 1. The molecule has 0 fully saturated rings. The Bertz CT molecular complexity index is 610. The van der Waals surface area contributed by atoms with Crippen LogP contribution >= 0.6 is 0 Å². The molecule has 0 N–H and O–H groups in total. The van der Waals surface area contributed by atoms with E-state index in [-0.39, 0.29) is 0 Å². The van der Waals surface area contributed by atoms with Crippen LogP contribution in [0.4, 0.5) is 0 Å². The van der Waals surface area contributed by atoms with Gasteiger partial charge in [0, 0.05) is 11.1 Å². The first-order valence-corrected chi connectivity index (χ1v) is 7.70. The van der Waals surface area contributed by atoms with Gasteiger partial charge in [0.1, 0.15) is 0 Å². The lowest BCUT2D eigenvalue weighted by Gasteiger charge is -2.07. The van der Waals surface area contributed by atoms with Gasteiger partial charge in [0.2, 0.25) is 0 Å². The maximum absolute atomic E-state index is 4.80. The van der Waals surface area contributed by atoms with Crippen LogP contribution in [0.25, 0.3) is 17.0 Å².